The minimum atomic E-state index is -0.201. The zero-order valence-electron chi connectivity index (χ0n) is 13.1. The van der Waals surface area contributed by atoms with Crippen LogP contribution in [0.5, 0.6) is 0 Å². The van der Waals surface area contributed by atoms with Crippen LogP contribution in [0.3, 0.4) is 0 Å². The number of nitrogens with zero attached hydrogens (tertiary/aromatic N) is 1. The summed E-state index contributed by atoms with van der Waals surface area (Å²) in [4.78, 5) is 14.5. The van der Waals surface area contributed by atoms with Gasteiger partial charge in [0.2, 0.25) is 5.91 Å². The van der Waals surface area contributed by atoms with Gasteiger partial charge in [-0.2, -0.15) is 0 Å². The highest BCUT2D eigenvalue weighted by atomic mass is 16.2. The fourth-order valence-corrected chi connectivity index (χ4v) is 2.41. The van der Waals surface area contributed by atoms with Gasteiger partial charge in [0.05, 0.1) is 5.41 Å². The maximum Gasteiger partial charge on any atom is 0.227 e. The van der Waals surface area contributed by atoms with Gasteiger partial charge in [-0.3, -0.25) is 4.79 Å². The molecule has 1 unspecified atom stereocenters. The molecule has 0 aromatic heterocycles. The van der Waals surface area contributed by atoms with E-state index in [4.69, 9.17) is 0 Å². The van der Waals surface area contributed by atoms with Crippen molar-refractivity contribution in [3.8, 4) is 0 Å². The maximum atomic E-state index is 12.2. The summed E-state index contributed by atoms with van der Waals surface area (Å²) in [5.41, 5.74) is -0.201. The van der Waals surface area contributed by atoms with Crippen LogP contribution in [0, 0.1) is 5.41 Å². The lowest BCUT2D eigenvalue weighted by Crippen LogP contribution is -2.48. The van der Waals surface area contributed by atoms with Crippen LogP contribution in [0.15, 0.2) is 0 Å². The Hall–Kier alpha value is -0.610. The summed E-state index contributed by atoms with van der Waals surface area (Å²) in [6.07, 6.45) is 4.31. The second kappa shape index (κ2) is 7.85. The normalized spacial score (nSPS) is 23.9. The van der Waals surface area contributed by atoms with Crippen molar-refractivity contribution in [3.63, 3.8) is 0 Å². The first-order chi connectivity index (χ1) is 8.96. The molecule has 2 N–H and O–H groups in total. The molecule has 0 radical (unpaired) electrons. The van der Waals surface area contributed by atoms with Crippen molar-refractivity contribution in [2.45, 2.75) is 52.5 Å². The number of piperidine rings is 1. The minimum absolute atomic E-state index is 0.201. The van der Waals surface area contributed by atoms with Crippen LogP contribution in [0.2, 0.25) is 0 Å². The summed E-state index contributed by atoms with van der Waals surface area (Å²) in [5.74, 6) is 0.219. The molecule has 112 valence electrons. The maximum absolute atomic E-state index is 12.2. The second-order valence-corrected chi connectivity index (χ2v) is 6.38. The molecule has 4 nitrogen and oxygen atoms in total. The Balaban J connectivity index is 2.13. The predicted octanol–water partition coefficient (Wildman–Crippen LogP) is 1.61. The minimum Gasteiger partial charge on any atom is -0.356 e. The highest BCUT2D eigenvalue weighted by Gasteiger charge is 2.34. The summed E-state index contributed by atoms with van der Waals surface area (Å²) >= 11 is 0. The van der Waals surface area contributed by atoms with Crippen molar-refractivity contribution < 1.29 is 4.79 Å². The fourth-order valence-electron chi connectivity index (χ4n) is 2.41. The van der Waals surface area contributed by atoms with E-state index in [-0.39, 0.29) is 11.3 Å². The SMILES string of the molecule is CC(C)N(C)CCCCNC(=O)C1(C)CCCNC1. The molecule has 0 aliphatic carbocycles. The summed E-state index contributed by atoms with van der Waals surface area (Å²) in [7, 11) is 2.15. The van der Waals surface area contributed by atoms with Gasteiger partial charge in [-0.15, -0.1) is 0 Å². The molecule has 4 heteroatoms. The predicted molar refractivity (Wildman–Crippen MR) is 80.2 cm³/mol. The largest absolute Gasteiger partial charge is 0.356 e. The number of amides is 1. The Bertz CT molecular complexity index is 273. The number of nitrogens with one attached hydrogen (secondary N) is 2. The van der Waals surface area contributed by atoms with E-state index in [2.05, 4.69) is 43.4 Å². The molecule has 1 atom stereocenters. The first kappa shape index (κ1) is 16.4. The molecule has 1 saturated heterocycles. The molecule has 19 heavy (non-hydrogen) atoms. The molecular weight excluding hydrogens is 238 g/mol. The molecule has 0 aromatic carbocycles. The van der Waals surface area contributed by atoms with E-state index in [1.165, 1.54) is 0 Å². The Morgan fingerprint density at radius 2 is 2.16 bits per heavy atom. The van der Waals surface area contributed by atoms with Crippen molar-refractivity contribution >= 4 is 5.91 Å². The van der Waals surface area contributed by atoms with Gasteiger partial charge in [0.15, 0.2) is 0 Å². The van der Waals surface area contributed by atoms with Crippen LogP contribution in [-0.2, 0) is 4.79 Å². The molecule has 1 heterocycles. The van der Waals surface area contributed by atoms with E-state index in [1.807, 2.05) is 0 Å². The van der Waals surface area contributed by atoms with Gasteiger partial charge in [0.25, 0.3) is 0 Å². The number of carbonyl (C=O) groups is 1. The van der Waals surface area contributed by atoms with E-state index in [0.29, 0.717) is 6.04 Å². The molecule has 0 spiro atoms. The summed E-state index contributed by atoms with van der Waals surface area (Å²) in [5, 5.41) is 6.42. The van der Waals surface area contributed by atoms with Crippen LogP contribution in [-0.4, -0.2) is 50.1 Å². The number of carbonyl (C=O) groups excluding carboxylic acids is 1. The van der Waals surface area contributed by atoms with Gasteiger partial charge >= 0.3 is 0 Å². The topological polar surface area (TPSA) is 44.4 Å². The third-order valence-corrected chi connectivity index (χ3v) is 4.25. The number of rotatable bonds is 7. The van der Waals surface area contributed by atoms with E-state index in [0.717, 1.165) is 51.9 Å². The molecule has 1 amide bonds. The molecule has 1 rings (SSSR count). The first-order valence-electron chi connectivity index (χ1n) is 7.65. The first-order valence-corrected chi connectivity index (χ1v) is 7.65. The Morgan fingerprint density at radius 3 is 2.74 bits per heavy atom. The van der Waals surface area contributed by atoms with Crippen LogP contribution in [0.1, 0.15) is 46.5 Å². The molecule has 1 fully saturated rings. The molecule has 0 bridgehead atoms. The van der Waals surface area contributed by atoms with Gasteiger partial charge in [-0.1, -0.05) is 0 Å². The highest BCUT2D eigenvalue weighted by molar-refractivity contribution is 5.82. The van der Waals surface area contributed by atoms with E-state index < -0.39 is 0 Å². The highest BCUT2D eigenvalue weighted by Crippen LogP contribution is 2.25. The van der Waals surface area contributed by atoms with Crippen LogP contribution in [0.4, 0.5) is 0 Å². The summed E-state index contributed by atoms with van der Waals surface area (Å²) in [6, 6.07) is 0.599. The number of unbranched alkanes of at least 4 members (excludes halogenated alkanes) is 1. The molecule has 0 saturated carbocycles. The standard InChI is InChI=1S/C15H31N3O/c1-13(2)18(4)11-6-5-10-17-14(19)15(3)8-7-9-16-12-15/h13,16H,5-12H2,1-4H3,(H,17,19). The van der Waals surface area contributed by atoms with E-state index >= 15 is 0 Å². The Kier molecular flexibility index (Phi) is 6.80. The molecule has 0 aromatic rings. The molecule has 1 aliphatic rings. The fraction of sp³-hybridized carbons (Fsp3) is 0.933. The van der Waals surface area contributed by atoms with Gasteiger partial charge < -0.3 is 15.5 Å². The van der Waals surface area contributed by atoms with Gasteiger partial charge in [0, 0.05) is 19.1 Å². The van der Waals surface area contributed by atoms with Crippen LogP contribution >= 0.6 is 0 Å². The van der Waals surface area contributed by atoms with Crippen LogP contribution < -0.4 is 10.6 Å². The lowest BCUT2D eigenvalue weighted by molar-refractivity contribution is -0.131. The van der Waals surface area contributed by atoms with Crippen molar-refractivity contribution in [1.82, 2.24) is 15.5 Å². The van der Waals surface area contributed by atoms with Crippen LogP contribution in [0.25, 0.3) is 0 Å². The average molecular weight is 269 g/mol. The van der Waals surface area contributed by atoms with Crippen molar-refractivity contribution in [2.24, 2.45) is 5.41 Å². The lowest BCUT2D eigenvalue weighted by Gasteiger charge is -2.32. The van der Waals surface area contributed by atoms with E-state index in [9.17, 15) is 4.79 Å². The van der Waals surface area contributed by atoms with Gasteiger partial charge in [-0.05, 0) is 66.6 Å². The quantitative estimate of drug-likeness (QED) is 0.690. The monoisotopic (exact) mass is 269 g/mol. The smallest absolute Gasteiger partial charge is 0.227 e. The van der Waals surface area contributed by atoms with E-state index in [1.54, 1.807) is 0 Å². The Morgan fingerprint density at radius 1 is 1.42 bits per heavy atom. The van der Waals surface area contributed by atoms with Crippen molar-refractivity contribution in [2.75, 3.05) is 33.2 Å². The second-order valence-electron chi connectivity index (χ2n) is 6.38. The average Bonchev–Trinajstić information content (AvgIpc) is 2.38. The number of hydrogen-bond donors (Lipinski definition) is 2. The summed E-state index contributed by atoms with van der Waals surface area (Å²) < 4.78 is 0. The zero-order chi connectivity index (χ0) is 14.3. The number of hydrogen-bond acceptors (Lipinski definition) is 3. The third kappa shape index (κ3) is 5.49. The molecular formula is C15H31N3O. The summed E-state index contributed by atoms with van der Waals surface area (Å²) in [6.45, 7) is 10.3. The van der Waals surface area contributed by atoms with Crippen molar-refractivity contribution in [3.05, 3.63) is 0 Å². The lowest BCUT2D eigenvalue weighted by atomic mass is 9.82. The van der Waals surface area contributed by atoms with Gasteiger partial charge in [0.1, 0.15) is 0 Å². The zero-order valence-corrected chi connectivity index (χ0v) is 13.1. The van der Waals surface area contributed by atoms with Crippen molar-refractivity contribution in [1.29, 1.82) is 0 Å². The van der Waals surface area contributed by atoms with Gasteiger partial charge in [-0.25, -0.2) is 0 Å². The Labute approximate surface area is 118 Å². The molecule has 1 aliphatic heterocycles. The third-order valence-electron chi connectivity index (χ3n) is 4.25.